The second-order valence-electron chi connectivity index (χ2n) is 5.67. The first-order valence-electron chi connectivity index (χ1n) is 8.01. The van der Waals surface area contributed by atoms with Crippen LogP contribution < -0.4 is 4.74 Å². The molecule has 0 unspecified atom stereocenters. The van der Waals surface area contributed by atoms with Crippen LogP contribution >= 0.6 is 11.6 Å². The topological polar surface area (TPSA) is 90.1 Å². The summed E-state index contributed by atoms with van der Waals surface area (Å²) in [5.74, 6) is -0.108. The van der Waals surface area contributed by atoms with Crippen molar-refractivity contribution in [1.29, 1.82) is 0 Å². The highest BCUT2D eigenvalue weighted by Crippen LogP contribution is 2.33. The molecule has 0 fully saturated rings. The normalized spacial score (nSPS) is 10.9. The Kier molecular flexibility index (Phi) is 4.43. The largest absolute Gasteiger partial charge is 0.481 e. The maximum Gasteiger partial charge on any atom is 0.341 e. The average molecular weight is 381 g/mol. The van der Waals surface area contributed by atoms with Crippen LogP contribution in [0.2, 0.25) is 5.02 Å². The number of benzene rings is 2. The lowest BCUT2D eigenvalue weighted by atomic mass is 10.1. The second kappa shape index (κ2) is 7.05. The molecular formula is C19H13ClN4O3. The molecule has 27 heavy (non-hydrogen) atoms. The fraction of sp³-hybridized carbons (Fsp3) is 0.0526. The molecular weight excluding hydrogens is 368 g/mol. The van der Waals surface area contributed by atoms with Crippen molar-refractivity contribution in [2.24, 2.45) is 0 Å². The van der Waals surface area contributed by atoms with Gasteiger partial charge in [-0.25, -0.2) is 9.78 Å². The van der Waals surface area contributed by atoms with Crippen LogP contribution in [0.5, 0.6) is 5.75 Å². The van der Waals surface area contributed by atoms with Crippen molar-refractivity contribution < 1.29 is 14.6 Å². The quantitative estimate of drug-likeness (QED) is 0.569. The fourth-order valence-corrected chi connectivity index (χ4v) is 2.93. The Morgan fingerprint density at radius 1 is 1.04 bits per heavy atom. The molecule has 1 N–H and O–H groups in total. The Bertz CT molecular complexity index is 1140. The van der Waals surface area contributed by atoms with E-state index in [0.29, 0.717) is 22.2 Å². The van der Waals surface area contributed by atoms with Crippen molar-refractivity contribution in [2.75, 3.05) is 6.61 Å². The molecule has 0 saturated heterocycles. The van der Waals surface area contributed by atoms with Gasteiger partial charge in [0, 0.05) is 35.5 Å². The van der Waals surface area contributed by atoms with Crippen molar-refractivity contribution in [1.82, 2.24) is 19.5 Å². The predicted molar refractivity (Wildman–Crippen MR) is 100 cm³/mol. The van der Waals surface area contributed by atoms with Gasteiger partial charge in [0.1, 0.15) is 11.6 Å². The van der Waals surface area contributed by atoms with Crippen LogP contribution in [0.1, 0.15) is 0 Å². The van der Waals surface area contributed by atoms with Crippen LogP contribution in [0, 0.1) is 0 Å². The van der Waals surface area contributed by atoms with E-state index in [0.717, 1.165) is 16.7 Å². The summed E-state index contributed by atoms with van der Waals surface area (Å²) in [7, 11) is 0. The summed E-state index contributed by atoms with van der Waals surface area (Å²) in [6, 6.07) is 10.6. The number of carboxylic acids is 1. The summed E-state index contributed by atoms with van der Waals surface area (Å²) in [5, 5.41) is 9.39. The maximum atomic E-state index is 10.9. The standard InChI is InChI=1S/C19H13ClN4O3/c20-12-1-4-17(27-11-18(25)26)14(9-12)19-23-7-8-24(19)13-2-3-15-16(10-13)22-6-5-21-15/h1-10H,11H2,(H,25,26). The van der Waals surface area contributed by atoms with Gasteiger partial charge in [0.05, 0.1) is 16.6 Å². The predicted octanol–water partition coefficient (Wildman–Crippen LogP) is 3.60. The Hall–Kier alpha value is -3.45. The third-order valence-electron chi connectivity index (χ3n) is 3.91. The van der Waals surface area contributed by atoms with E-state index in [2.05, 4.69) is 15.0 Å². The smallest absolute Gasteiger partial charge is 0.341 e. The minimum atomic E-state index is -1.06. The Labute approximate surface area is 158 Å². The number of aliphatic carboxylic acids is 1. The number of halogens is 1. The van der Waals surface area contributed by atoms with Crippen molar-refractivity contribution >= 4 is 28.6 Å². The second-order valence-corrected chi connectivity index (χ2v) is 6.11. The van der Waals surface area contributed by atoms with Crippen LogP contribution in [-0.2, 0) is 4.79 Å². The van der Waals surface area contributed by atoms with Gasteiger partial charge in [-0.3, -0.25) is 14.5 Å². The number of hydrogen-bond donors (Lipinski definition) is 1. The van der Waals surface area contributed by atoms with Crippen LogP contribution in [0.3, 0.4) is 0 Å². The zero-order valence-electron chi connectivity index (χ0n) is 13.9. The van der Waals surface area contributed by atoms with E-state index in [4.69, 9.17) is 21.4 Å². The Morgan fingerprint density at radius 2 is 1.85 bits per heavy atom. The number of aromatic nitrogens is 4. The molecule has 0 spiro atoms. The first kappa shape index (κ1) is 17.0. The van der Waals surface area contributed by atoms with Crippen LogP contribution in [-0.4, -0.2) is 37.2 Å². The van der Waals surface area contributed by atoms with Gasteiger partial charge in [-0.1, -0.05) is 11.6 Å². The molecule has 0 amide bonds. The molecule has 4 aromatic rings. The Balaban J connectivity index is 1.81. The van der Waals surface area contributed by atoms with Gasteiger partial charge in [-0.15, -0.1) is 0 Å². The lowest BCUT2D eigenvalue weighted by molar-refractivity contribution is -0.139. The molecule has 0 saturated carbocycles. The zero-order valence-corrected chi connectivity index (χ0v) is 14.7. The van der Waals surface area contributed by atoms with Gasteiger partial charge < -0.3 is 9.84 Å². The summed E-state index contributed by atoms with van der Waals surface area (Å²) >= 11 is 6.15. The van der Waals surface area contributed by atoms with E-state index >= 15 is 0 Å². The van der Waals surface area contributed by atoms with Gasteiger partial charge in [0.25, 0.3) is 0 Å². The molecule has 8 heteroatoms. The average Bonchev–Trinajstić information content (AvgIpc) is 3.16. The third-order valence-corrected chi connectivity index (χ3v) is 4.14. The number of carbonyl (C=O) groups is 1. The number of hydrogen-bond acceptors (Lipinski definition) is 5. The van der Waals surface area contributed by atoms with Gasteiger partial charge in [0.2, 0.25) is 0 Å². The van der Waals surface area contributed by atoms with E-state index < -0.39 is 12.6 Å². The molecule has 134 valence electrons. The van der Waals surface area contributed by atoms with Crippen LogP contribution in [0.4, 0.5) is 0 Å². The van der Waals surface area contributed by atoms with Gasteiger partial charge in [-0.05, 0) is 36.4 Å². The third kappa shape index (κ3) is 3.45. The zero-order chi connectivity index (χ0) is 18.8. The number of fused-ring (bicyclic) bond motifs is 1. The SMILES string of the molecule is O=C(O)COc1ccc(Cl)cc1-c1nccn1-c1ccc2nccnc2c1. The highest BCUT2D eigenvalue weighted by atomic mass is 35.5. The van der Waals surface area contributed by atoms with Crippen molar-refractivity contribution in [3.8, 4) is 22.8 Å². The molecule has 2 aromatic heterocycles. The van der Waals surface area contributed by atoms with Crippen molar-refractivity contribution in [3.63, 3.8) is 0 Å². The molecule has 7 nitrogen and oxygen atoms in total. The van der Waals surface area contributed by atoms with Crippen LogP contribution in [0.15, 0.2) is 61.2 Å². The minimum absolute atomic E-state index is 0.384. The van der Waals surface area contributed by atoms with Crippen LogP contribution in [0.25, 0.3) is 28.1 Å². The lowest BCUT2D eigenvalue weighted by Gasteiger charge is -2.13. The first-order chi connectivity index (χ1) is 13.1. The van der Waals surface area contributed by atoms with E-state index in [9.17, 15) is 4.79 Å². The number of carboxylic acid groups (broad SMARTS) is 1. The molecule has 0 aliphatic heterocycles. The minimum Gasteiger partial charge on any atom is -0.481 e. The first-order valence-corrected chi connectivity index (χ1v) is 8.38. The van der Waals surface area contributed by atoms with Gasteiger partial charge in [-0.2, -0.15) is 0 Å². The maximum absolute atomic E-state index is 10.9. The van der Waals surface area contributed by atoms with E-state index in [1.54, 1.807) is 43.0 Å². The highest BCUT2D eigenvalue weighted by molar-refractivity contribution is 6.30. The van der Waals surface area contributed by atoms with E-state index in [1.165, 1.54) is 0 Å². The molecule has 0 aliphatic carbocycles. The summed E-state index contributed by atoms with van der Waals surface area (Å²) in [4.78, 5) is 23.9. The molecule has 2 aromatic carbocycles. The summed E-state index contributed by atoms with van der Waals surface area (Å²) < 4.78 is 7.26. The summed E-state index contributed by atoms with van der Waals surface area (Å²) in [5.41, 5.74) is 2.96. The van der Waals surface area contributed by atoms with Crippen molar-refractivity contribution in [3.05, 3.63) is 66.2 Å². The molecule has 0 radical (unpaired) electrons. The van der Waals surface area contributed by atoms with E-state index in [-0.39, 0.29) is 0 Å². The number of nitrogens with zero attached hydrogens (tertiary/aromatic N) is 4. The number of ether oxygens (including phenoxy) is 1. The van der Waals surface area contributed by atoms with E-state index in [1.807, 2.05) is 22.8 Å². The van der Waals surface area contributed by atoms with Gasteiger partial charge in [0.15, 0.2) is 6.61 Å². The monoisotopic (exact) mass is 380 g/mol. The molecule has 2 heterocycles. The van der Waals surface area contributed by atoms with Gasteiger partial charge >= 0.3 is 5.97 Å². The van der Waals surface area contributed by atoms with Crippen molar-refractivity contribution in [2.45, 2.75) is 0 Å². The molecule has 4 rings (SSSR count). The lowest BCUT2D eigenvalue weighted by Crippen LogP contribution is -2.10. The fourth-order valence-electron chi connectivity index (χ4n) is 2.75. The number of imidazole rings is 1. The molecule has 0 atom stereocenters. The molecule has 0 bridgehead atoms. The molecule has 0 aliphatic rings. The number of rotatable bonds is 5. The summed E-state index contributed by atoms with van der Waals surface area (Å²) in [6.45, 7) is -0.457. The highest BCUT2D eigenvalue weighted by Gasteiger charge is 2.15. The summed E-state index contributed by atoms with van der Waals surface area (Å²) in [6.07, 6.45) is 6.73. The Morgan fingerprint density at radius 3 is 2.67 bits per heavy atom.